The van der Waals surface area contributed by atoms with E-state index in [1.54, 1.807) is 12.1 Å². The second-order valence-corrected chi connectivity index (χ2v) is 8.82. The zero-order chi connectivity index (χ0) is 21.0. The number of carbonyl (C=O) groups excluding carboxylic acids is 1. The first-order valence-corrected chi connectivity index (χ1v) is 9.79. The fourth-order valence-electron chi connectivity index (χ4n) is 2.78. The van der Waals surface area contributed by atoms with Crippen LogP contribution in [0.15, 0.2) is 24.3 Å². The summed E-state index contributed by atoms with van der Waals surface area (Å²) in [4.78, 5) is 19.3. The third-order valence-electron chi connectivity index (χ3n) is 4.60. The van der Waals surface area contributed by atoms with E-state index in [4.69, 9.17) is 10.5 Å². The van der Waals surface area contributed by atoms with Gasteiger partial charge in [-0.05, 0) is 41.4 Å². The first kappa shape index (κ1) is 25.4. The second kappa shape index (κ2) is 12.7. The van der Waals surface area contributed by atoms with Gasteiger partial charge in [-0.3, -0.25) is 0 Å². The predicted octanol–water partition coefficient (Wildman–Crippen LogP) is 6.54. The molecular weight excluding hydrogens is 344 g/mol. The van der Waals surface area contributed by atoms with E-state index in [9.17, 15) is 4.79 Å². The Morgan fingerprint density at radius 3 is 1.85 bits per heavy atom. The van der Waals surface area contributed by atoms with Gasteiger partial charge in [0, 0.05) is 0 Å². The number of unbranched alkanes of at least 4 members (excludes halogenated alkanes) is 1. The highest BCUT2D eigenvalue weighted by Crippen LogP contribution is 2.31. The molecule has 0 heterocycles. The van der Waals surface area contributed by atoms with E-state index in [0.717, 1.165) is 19.3 Å². The lowest BCUT2D eigenvalue weighted by molar-refractivity contribution is -0.242. The van der Waals surface area contributed by atoms with Gasteiger partial charge in [-0.25, -0.2) is 10.1 Å². The van der Waals surface area contributed by atoms with Gasteiger partial charge in [0.05, 0.1) is 5.92 Å². The number of hydrogen-bond acceptors (Lipinski definition) is 5. The lowest BCUT2D eigenvalue weighted by Gasteiger charge is -2.27. The Morgan fingerprint density at radius 1 is 0.963 bits per heavy atom. The maximum atomic E-state index is 11.4. The molecule has 1 aromatic carbocycles. The molecule has 0 spiro atoms. The summed E-state index contributed by atoms with van der Waals surface area (Å²) in [6, 6.07) is 7.37. The standard InChI is InChI=1S/C13H26O3.C9H12O2/c1-10(2)8-6-7-9-11(12(14)16-15)13(3,4)5;1-7(2)8-3-5-9(11-10)6-4-8/h10-11,15H,6-9H2,1-5H3;3-7,10H,1-2H3. The SMILES string of the molecule is CC(C)CCCCC(C(=O)OO)C(C)(C)C.CC(C)c1ccc(OO)cc1. The van der Waals surface area contributed by atoms with Gasteiger partial charge in [0.25, 0.3) is 0 Å². The van der Waals surface area contributed by atoms with Crippen LogP contribution in [0.25, 0.3) is 0 Å². The molecule has 1 rings (SSSR count). The van der Waals surface area contributed by atoms with Crippen LogP contribution in [0.3, 0.4) is 0 Å². The average molecular weight is 383 g/mol. The molecule has 0 saturated carbocycles. The van der Waals surface area contributed by atoms with Crippen LogP contribution in [0.5, 0.6) is 5.75 Å². The Bertz CT molecular complexity index is 514. The molecule has 1 atom stereocenters. The maximum absolute atomic E-state index is 11.4. The zero-order valence-electron chi connectivity index (χ0n) is 18.0. The van der Waals surface area contributed by atoms with Crippen LogP contribution in [0.2, 0.25) is 0 Å². The van der Waals surface area contributed by atoms with Crippen LogP contribution in [-0.2, 0) is 9.68 Å². The van der Waals surface area contributed by atoms with Crippen molar-refractivity contribution in [1.82, 2.24) is 0 Å². The van der Waals surface area contributed by atoms with Crippen molar-refractivity contribution >= 4 is 5.97 Å². The summed E-state index contributed by atoms with van der Waals surface area (Å²) in [6.45, 7) is 14.6. The summed E-state index contributed by atoms with van der Waals surface area (Å²) in [5, 5.41) is 16.7. The molecule has 0 saturated heterocycles. The fraction of sp³-hybridized carbons (Fsp3) is 0.682. The minimum Gasteiger partial charge on any atom is -0.340 e. The van der Waals surface area contributed by atoms with Gasteiger partial charge in [-0.15, -0.1) is 0 Å². The predicted molar refractivity (Wildman–Crippen MR) is 109 cm³/mol. The van der Waals surface area contributed by atoms with Crippen molar-refractivity contribution in [1.29, 1.82) is 0 Å². The van der Waals surface area contributed by atoms with Crippen LogP contribution >= 0.6 is 0 Å². The van der Waals surface area contributed by atoms with Gasteiger partial charge in [0.2, 0.25) is 0 Å². The highest BCUT2D eigenvalue weighted by Gasteiger charge is 2.32. The monoisotopic (exact) mass is 382 g/mol. The molecule has 5 nitrogen and oxygen atoms in total. The van der Waals surface area contributed by atoms with Crippen LogP contribution in [0.1, 0.15) is 85.6 Å². The molecule has 27 heavy (non-hydrogen) atoms. The van der Waals surface area contributed by atoms with Crippen molar-refractivity contribution < 1.29 is 25.1 Å². The summed E-state index contributed by atoms with van der Waals surface area (Å²) < 4.78 is 0. The van der Waals surface area contributed by atoms with E-state index < -0.39 is 5.97 Å². The molecule has 0 fully saturated rings. The number of rotatable bonds is 8. The number of carbonyl (C=O) groups is 1. The summed E-state index contributed by atoms with van der Waals surface area (Å²) in [7, 11) is 0. The van der Waals surface area contributed by atoms with Crippen molar-refractivity contribution in [2.24, 2.45) is 17.3 Å². The van der Waals surface area contributed by atoms with Crippen LogP contribution in [0, 0.1) is 17.3 Å². The van der Waals surface area contributed by atoms with Gasteiger partial charge in [-0.2, -0.15) is 5.26 Å². The van der Waals surface area contributed by atoms with Gasteiger partial charge in [0.15, 0.2) is 5.75 Å². The Balaban J connectivity index is 0.000000533. The highest BCUT2D eigenvalue weighted by atomic mass is 17.1. The first-order chi connectivity index (χ1) is 12.5. The number of hydrogen-bond donors (Lipinski definition) is 2. The molecule has 1 unspecified atom stereocenters. The lowest BCUT2D eigenvalue weighted by atomic mass is 9.77. The van der Waals surface area contributed by atoms with Crippen molar-refractivity contribution in [3.05, 3.63) is 29.8 Å². The molecule has 0 radical (unpaired) electrons. The zero-order valence-corrected chi connectivity index (χ0v) is 18.0. The summed E-state index contributed by atoms with van der Waals surface area (Å²) in [5.41, 5.74) is 1.09. The highest BCUT2D eigenvalue weighted by molar-refractivity contribution is 5.72. The van der Waals surface area contributed by atoms with Crippen molar-refractivity contribution in [3.8, 4) is 5.75 Å². The molecular formula is C22H38O5. The van der Waals surface area contributed by atoms with Crippen molar-refractivity contribution in [2.45, 2.75) is 80.1 Å². The Morgan fingerprint density at radius 2 is 1.48 bits per heavy atom. The molecule has 0 aliphatic carbocycles. The van der Waals surface area contributed by atoms with E-state index in [2.05, 4.69) is 37.5 Å². The minimum absolute atomic E-state index is 0.155. The first-order valence-electron chi connectivity index (χ1n) is 9.79. The van der Waals surface area contributed by atoms with E-state index in [1.165, 1.54) is 12.0 Å². The van der Waals surface area contributed by atoms with Gasteiger partial charge in [-0.1, -0.05) is 79.9 Å². The molecule has 156 valence electrons. The molecule has 0 amide bonds. The molecule has 0 aromatic heterocycles. The molecule has 1 aromatic rings. The van der Waals surface area contributed by atoms with Gasteiger partial charge in [0.1, 0.15) is 0 Å². The molecule has 2 N–H and O–H groups in total. The smallest absolute Gasteiger partial charge is 0.340 e. The summed E-state index contributed by atoms with van der Waals surface area (Å²) >= 11 is 0. The maximum Gasteiger partial charge on any atom is 0.345 e. The van der Waals surface area contributed by atoms with Crippen LogP contribution in [-0.4, -0.2) is 16.5 Å². The summed E-state index contributed by atoms with van der Waals surface area (Å²) in [5.74, 6) is 0.983. The van der Waals surface area contributed by atoms with E-state index in [-0.39, 0.29) is 11.3 Å². The Hall–Kier alpha value is -1.59. The molecule has 0 bridgehead atoms. The van der Waals surface area contributed by atoms with Crippen molar-refractivity contribution in [3.63, 3.8) is 0 Å². The lowest BCUT2D eigenvalue weighted by Crippen LogP contribution is -2.29. The number of benzene rings is 1. The fourth-order valence-corrected chi connectivity index (χ4v) is 2.78. The molecule has 5 heteroatoms. The van der Waals surface area contributed by atoms with Gasteiger partial charge >= 0.3 is 5.97 Å². The van der Waals surface area contributed by atoms with E-state index >= 15 is 0 Å². The van der Waals surface area contributed by atoms with E-state index in [1.807, 2.05) is 32.9 Å². The average Bonchev–Trinajstić information content (AvgIpc) is 2.60. The topological polar surface area (TPSA) is 76.0 Å². The molecule has 0 aliphatic heterocycles. The normalized spacial score (nSPS) is 12.4. The third-order valence-corrected chi connectivity index (χ3v) is 4.60. The van der Waals surface area contributed by atoms with E-state index in [0.29, 0.717) is 17.6 Å². The minimum atomic E-state index is -0.503. The van der Waals surface area contributed by atoms with Crippen molar-refractivity contribution in [2.75, 3.05) is 0 Å². The second-order valence-electron chi connectivity index (χ2n) is 8.82. The largest absolute Gasteiger partial charge is 0.345 e. The Labute approximate surface area is 164 Å². The van der Waals surface area contributed by atoms with Crippen LogP contribution < -0.4 is 4.89 Å². The quantitative estimate of drug-likeness (QED) is 0.303. The van der Waals surface area contributed by atoms with Crippen LogP contribution in [0.4, 0.5) is 0 Å². The Kier molecular flexibility index (Phi) is 12.0. The van der Waals surface area contributed by atoms with Gasteiger partial charge < -0.3 is 9.78 Å². The molecule has 0 aliphatic rings. The third kappa shape index (κ3) is 11.0. The summed E-state index contributed by atoms with van der Waals surface area (Å²) in [6.07, 6.45) is 4.11.